The summed E-state index contributed by atoms with van der Waals surface area (Å²) in [5.74, 6) is -0.940. The molecular formula is C15H6BrFN2O2. The van der Waals surface area contributed by atoms with Crippen molar-refractivity contribution in [3.8, 4) is 5.69 Å². The molecule has 1 aliphatic heterocycles. The highest BCUT2D eigenvalue weighted by Crippen LogP contribution is 2.27. The molecule has 102 valence electrons. The molecule has 2 heterocycles. The summed E-state index contributed by atoms with van der Waals surface area (Å²) in [4.78, 5) is 29.2. The molecule has 0 spiro atoms. The lowest BCUT2D eigenvalue weighted by molar-refractivity contribution is 0.103. The van der Waals surface area contributed by atoms with Crippen LogP contribution in [0.2, 0.25) is 0 Å². The van der Waals surface area contributed by atoms with Crippen molar-refractivity contribution in [3.05, 3.63) is 68.4 Å². The molecule has 0 fully saturated rings. The van der Waals surface area contributed by atoms with Gasteiger partial charge in [-0.05, 0) is 36.4 Å². The van der Waals surface area contributed by atoms with Crippen LogP contribution in [0.5, 0.6) is 0 Å². The van der Waals surface area contributed by atoms with Gasteiger partial charge in [-0.3, -0.25) is 14.2 Å². The van der Waals surface area contributed by atoms with Crippen LogP contribution in [0.15, 0.2) is 45.7 Å². The molecule has 6 heteroatoms. The Hall–Kier alpha value is -2.34. The molecule has 0 atom stereocenters. The minimum absolute atomic E-state index is 0.0196. The van der Waals surface area contributed by atoms with E-state index in [0.717, 1.165) is 10.5 Å². The Morgan fingerprint density at radius 1 is 1.10 bits per heavy atom. The van der Waals surface area contributed by atoms with Gasteiger partial charge in [0.25, 0.3) is 5.56 Å². The maximum atomic E-state index is 13.3. The molecule has 0 N–H and O–H groups in total. The first-order valence-electron chi connectivity index (χ1n) is 6.13. The van der Waals surface area contributed by atoms with Gasteiger partial charge in [-0.1, -0.05) is 15.9 Å². The van der Waals surface area contributed by atoms with Gasteiger partial charge in [0.05, 0.1) is 22.2 Å². The fourth-order valence-electron chi connectivity index (χ4n) is 2.54. The molecule has 4 rings (SSSR count). The number of hydrogen-bond acceptors (Lipinski definition) is 3. The normalized spacial score (nSPS) is 12.6. The highest BCUT2D eigenvalue weighted by atomic mass is 79.9. The second-order valence-corrected chi connectivity index (χ2v) is 5.64. The fourth-order valence-corrected chi connectivity index (χ4v) is 2.89. The van der Waals surface area contributed by atoms with Gasteiger partial charge in [-0.2, -0.15) is 0 Å². The van der Waals surface area contributed by atoms with Gasteiger partial charge in [0.1, 0.15) is 5.82 Å². The Morgan fingerprint density at radius 3 is 2.71 bits per heavy atom. The summed E-state index contributed by atoms with van der Waals surface area (Å²) in [5, 5.41) is 0.409. The number of aromatic nitrogens is 2. The third-order valence-corrected chi connectivity index (χ3v) is 3.97. The number of carbonyl (C=O) groups excluding carboxylic acids is 1. The van der Waals surface area contributed by atoms with Crippen LogP contribution in [0, 0.1) is 5.82 Å². The molecule has 0 unspecified atom stereocenters. The molecule has 0 radical (unpaired) electrons. The maximum Gasteiger partial charge on any atom is 0.266 e. The highest BCUT2D eigenvalue weighted by Gasteiger charge is 2.30. The number of ketones is 1. The summed E-state index contributed by atoms with van der Waals surface area (Å²) < 4.78 is 15.3. The van der Waals surface area contributed by atoms with Crippen molar-refractivity contribution < 1.29 is 9.18 Å². The fraction of sp³-hybridized carbons (Fsp3) is 0. The van der Waals surface area contributed by atoms with Gasteiger partial charge in [-0.25, -0.2) is 9.37 Å². The van der Waals surface area contributed by atoms with Gasteiger partial charge < -0.3 is 0 Å². The van der Waals surface area contributed by atoms with Crippen LogP contribution in [0.25, 0.3) is 16.6 Å². The highest BCUT2D eigenvalue weighted by molar-refractivity contribution is 9.10. The Bertz CT molecular complexity index is 1010. The monoisotopic (exact) mass is 344 g/mol. The zero-order valence-electron chi connectivity index (χ0n) is 10.4. The zero-order valence-corrected chi connectivity index (χ0v) is 12.0. The van der Waals surface area contributed by atoms with Crippen LogP contribution >= 0.6 is 15.9 Å². The first kappa shape index (κ1) is 12.4. The first-order chi connectivity index (χ1) is 10.1. The smallest absolute Gasteiger partial charge is 0.266 e. The quantitative estimate of drug-likeness (QED) is 0.493. The molecule has 0 saturated heterocycles. The SMILES string of the molecule is O=C1c2cc(F)ccc2-n2c1nc1cc(Br)ccc1c2=O. The molecule has 0 aliphatic carbocycles. The Balaban J connectivity index is 2.17. The maximum absolute atomic E-state index is 13.3. The molecule has 2 aromatic carbocycles. The number of rotatable bonds is 0. The Kier molecular flexibility index (Phi) is 2.41. The summed E-state index contributed by atoms with van der Waals surface area (Å²) in [6, 6.07) is 8.84. The zero-order chi connectivity index (χ0) is 14.7. The number of halogens is 2. The minimum Gasteiger partial charge on any atom is -0.285 e. The van der Waals surface area contributed by atoms with Crippen LogP contribution in [-0.2, 0) is 0 Å². The van der Waals surface area contributed by atoms with Crippen molar-refractivity contribution in [2.24, 2.45) is 0 Å². The van der Waals surface area contributed by atoms with Crippen LogP contribution in [0.1, 0.15) is 16.2 Å². The second-order valence-electron chi connectivity index (χ2n) is 4.73. The van der Waals surface area contributed by atoms with E-state index in [1.54, 1.807) is 18.2 Å². The molecule has 0 saturated carbocycles. The predicted octanol–water partition coefficient (Wildman–Crippen LogP) is 2.83. The van der Waals surface area contributed by atoms with E-state index in [-0.39, 0.29) is 16.9 Å². The summed E-state index contributed by atoms with van der Waals surface area (Å²) in [6.45, 7) is 0. The van der Waals surface area contributed by atoms with Crippen molar-refractivity contribution in [3.63, 3.8) is 0 Å². The van der Waals surface area contributed by atoms with Gasteiger partial charge in [-0.15, -0.1) is 0 Å². The molecule has 21 heavy (non-hydrogen) atoms. The van der Waals surface area contributed by atoms with E-state index in [1.807, 2.05) is 0 Å². The minimum atomic E-state index is -0.518. The molecule has 3 aromatic rings. The van der Waals surface area contributed by atoms with Crippen molar-refractivity contribution >= 4 is 32.6 Å². The van der Waals surface area contributed by atoms with Crippen molar-refractivity contribution in [2.75, 3.05) is 0 Å². The summed E-state index contributed by atoms with van der Waals surface area (Å²) in [7, 11) is 0. The van der Waals surface area contributed by atoms with E-state index in [0.29, 0.717) is 16.6 Å². The third kappa shape index (κ3) is 1.62. The van der Waals surface area contributed by atoms with Crippen LogP contribution < -0.4 is 5.56 Å². The van der Waals surface area contributed by atoms with E-state index >= 15 is 0 Å². The molecule has 4 nitrogen and oxygen atoms in total. The lowest BCUT2D eigenvalue weighted by Crippen LogP contribution is -2.21. The molecule has 1 aliphatic rings. The number of hydrogen-bond donors (Lipinski definition) is 0. The predicted molar refractivity (Wildman–Crippen MR) is 78.4 cm³/mol. The largest absolute Gasteiger partial charge is 0.285 e. The van der Waals surface area contributed by atoms with E-state index in [2.05, 4.69) is 20.9 Å². The number of carbonyl (C=O) groups is 1. The first-order valence-corrected chi connectivity index (χ1v) is 6.92. The van der Waals surface area contributed by atoms with Gasteiger partial charge in [0.15, 0.2) is 5.82 Å². The number of benzene rings is 2. The summed E-state index contributed by atoms with van der Waals surface area (Å²) in [6.07, 6.45) is 0. The molecule has 1 aromatic heterocycles. The molecule has 0 amide bonds. The van der Waals surface area contributed by atoms with E-state index in [4.69, 9.17) is 0 Å². The molecule has 0 bridgehead atoms. The van der Waals surface area contributed by atoms with E-state index in [1.165, 1.54) is 16.7 Å². The average Bonchev–Trinajstić information content (AvgIpc) is 2.72. The van der Waals surface area contributed by atoms with Crippen LogP contribution in [0.4, 0.5) is 4.39 Å². The average molecular weight is 345 g/mol. The van der Waals surface area contributed by atoms with Crippen molar-refractivity contribution in [1.82, 2.24) is 9.55 Å². The third-order valence-electron chi connectivity index (χ3n) is 3.48. The standard InChI is InChI=1S/C15H6BrFN2O2/c16-7-1-3-9-11(5-7)18-14-13(20)10-6-8(17)2-4-12(10)19(14)15(9)21/h1-6H. The van der Waals surface area contributed by atoms with Gasteiger partial charge >= 0.3 is 0 Å². The van der Waals surface area contributed by atoms with Gasteiger partial charge in [0.2, 0.25) is 5.78 Å². The second kappa shape index (κ2) is 4.08. The Labute approximate surface area is 126 Å². The van der Waals surface area contributed by atoms with Crippen LogP contribution in [-0.4, -0.2) is 15.3 Å². The van der Waals surface area contributed by atoms with Crippen molar-refractivity contribution in [1.29, 1.82) is 0 Å². The number of fused-ring (bicyclic) bond motifs is 4. The number of nitrogens with zero attached hydrogens (tertiary/aromatic N) is 2. The van der Waals surface area contributed by atoms with Gasteiger partial charge in [0, 0.05) is 4.47 Å². The lowest BCUT2D eigenvalue weighted by atomic mass is 10.1. The van der Waals surface area contributed by atoms with E-state index in [9.17, 15) is 14.0 Å². The summed E-state index contributed by atoms with van der Waals surface area (Å²) in [5.41, 5.74) is 0.635. The van der Waals surface area contributed by atoms with E-state index < -0.39 is 11.6 Å². The Morgan fingerprint density at radius 2 is 1.90 bits per heavy atom. The lowest BCUT2D eigenvalue weighted by Gasteiger charge is -2.05. The topological polar surface area (TPSA) is 52.0 Å². The van der Waals surface area contributed by atoms with Crippen molar-refractivity contribution in [2.45, 2.75) is 0 Å². The summed E-state index contributed by atoms with van der Waals surface area (Å²) >= 11 is 3.31. The molecular weight excluding hydrogens is 339 g/mol. The van der Waals surface area contributed by atoms with Crippen LogP contribution in [0.3, 0.4) is 0 Å².